The molecule has 0 aliphatic carbocycles. The number of nitrogens with zero attached hydrogens (tertiary/aromatic N) is 1. The summed E-state index contributed by atoms with van der Waals surface area (Å²) < 4.78 is 10.1. The lowest BCUT2D eigenvalue weighted by molar-refractivity contribution is -0.0217. The number of methoxy groups -OCH3 is 1. The molecule has 0 radical (unpaired) electrons. The third kappa shape index (κ3) is 2.24. The van der Waals surface area contributed by atoms with E-state index in [4.69, 9.17) is 21.1 Å². The summed E-state index contributed by atoms with van der Waals surface area (Å²) in [5.74, 6) is -0.0102. The highest BCUT2D eigenvalue weighted by molar-refractivity contribution is 6.31. The lowest BCUT2D eigenvalue weighted by atomic mass is 9.99. The van der Waals surface area contributed by atoms with Crippen molar-refractivity contribution in [2.75, 3.05) is 7.11 Å². The maximum atomic E-state index is 11.7. The predicted molar refractivity (Wildman–Crippen MR) is 76.3 cm³/mol. The van der Waals surface area contributed by atoms with E-state index in [-0.39, 0.29) is 0 Å². The molecular weight excluding hydrogens is 294 g/mol. The van der Waals surface area contributed by atoms with Crippen LogP contribution < -0.4 is 4.74 Å². The molecule has 0 unspecified atom stereocenters. The SMILES string of the molecule is COC(=O)c1cc2c(nc1C)-c1cc(Cl)ccc1O[C@H]2O. The number of carbonyl (C=O) groups excluding carboxylic acids is 1. The van der Waals surface area contributed by atoms with Gasteiger partial charge < -0.3 is 14.6 Å². The van der Waals surface area contributed by atoms with Crippen LogP contribution in [-0.4, -0.2) is 23.2 Å². The Morgan fingerprint density at radius 2 is 2.19 bits per heavy atom. The van der Waals surface area contributed by atoms with Crippen molar-refractivity contribution in [2.24, 2.45) is 0 Å². The van der Waals surface area contributed by atoms with Crippen molar-refractivity contribution < 1.29 is 19.4 Å². The van der Waals surface area contributed by atoms with Gasteiger partial charge in [-0.2, -0.15) is 0 Å². The van der Waals surface area contributed by atoms with E-state index in [1.165, 1.54) is 13.2 Å². The largest absolute Gasteiger partial charge is 0.465 e. The van der Waals surface area contributed by atoms with Gasteiger partial charge in [0.1, 0.15) is 5.75 Å². The maximum absolute atomic E-state index is 11.7. The molecule has 1 N–H and O–H groups in total. The van der Waals surface area contributed by atoms with Crippen molar-refractivity contribution >= 4 is 17.6 Å². The van der Waals surface area contributed by atoms with E-state index >= 15 is 0 Å². The molecule has 1 aromatic heterocycles. The average Bonchev–Trinajstić information content (AvgIpc) is 2.47. The first-order valence-corrected chi connectivity index (χ1v) is 6.63. The summed E-state index contributed by atoms with van der Waals surface area (Å²) in [6.45, 7) is 1.71. The highest BCUT2D eigenvalue weighted by Gasteiger charge is 2.28. The number of pyridine rings is 1. The summed E-state index contributed by atoms with van der Waals surface area (Å²) in [4.78, 5) is 16.1. The second-order valence-electron chi connectivity index (χ2n) is 4.66. The van der Waals surface area contributed by atoms with Crippen LogP contribution in [0.15, 0.2) is 24.3 Å². The first kappa shape index (κ1) is 13.9. The average molecular weight is 306 g/mol. The molecule has 2 heterocycles. The molecule has 1 atom stereocenters. The van der Waals surface area contributed by atoms with Gasteiger partial charge in [0.05, 0.1) is 24.1 Å². The molecule has 0 saturated carbocycles. The Morgan fingerprint density at radius 3 is 2.90 bits per heavy atom. The molecule has 1 aromatic carbocycles. The van der Waals surface area contributed by atoms with Crippen molar-refractivity contribution in [2.45, 2.75) is 13.2 Å². The van der Waals surface area contributed by atoms with Gasteiger partial charge in [-0.15, -0.1) is 0 Å². The topological polar surface area (TPSA) is 68.7 Å². The molecule has 0 saturated heterocycles. The van der Waals surface area contributed by atoms with Crippen LogP contribution in [0.4, 0.5) is 0 Å². The maximum Gasteiger partial charge on any atom is 0.339 e. The van der Waals surface area contributed by atoms with Crippen LogP contribution in [0.1, 0.15) is 27.9 Å². The van der Waals surface area contributed by atoms with Gasteiger partial charge in [0.15, 0.2) is 0 Å². The van der Waals surface area contributed by atoms with Gasteiger partial charge in [-0.05, 0) is 31.2 Å². The van der Waals surface area contributed by atoms with Crippen LogP contribution >= 0.6 is 11.6 Å². The van der Waals surface area contributed by atoms with Crippen molar-refractivity contribution in [3.63, 3.8) is 0 Å². The number of halogens is 1. The van der Waals surface area contributed by atoms with Crippen molar-refractivity contribution in [1.82, 2.24) is 4.98 Å². The van der Waals surface area contributed by atoms with E-state index in [9.17, 15) is 9.90 Å². The number of aliphatic hydroxyl groups excluding tert-OH is 1. The Labute approximate surface area is 126 Å². The fourth-order valence-electron chi connectivity index (χ4n) is 2.32. The van der Waals surface area contributed by atoms with Gasteiger partial charge in [-0.3, -0.25) is 4.98 Å². The summed E-state index contributed by atoms with van der Waals surface area (Å²) in [5, 5.41) is 10.6. The number of rotatable bonds is 1. The summed E-state index contributed by atoms with van der Waals surface area (Å²) >= 11 is 6.00. The summed E-state index contributed by atoms with van der Waals surface area (Å²) in [5.41, 5.74) is 2.46. The normalized spacial score (nSPS) is 15.7. The minimum atomic E-state index is -1.19. The van der Waals surface area contributed by atoms with Crippen molar-refractivity contribution in [3.8, 4) is 17.0 Å². The molecule has 1 aliphatic heterocycles. The zero-order valence-electron chi connectivity index (χ0n) is 11.4. The molecule has 0 bridgehead atoms. The van der Waals surface area contributed by atoms with Crippen LogP contribution in [0.3, 0.4) is 0 Å². The number of carbonyl (C=O) groups is 1. The van der Waals surface area contributed by atoms with E-state index in [0.717, 1.165) is 0 Å². The third-order valence-corrected chi connectivity index (χ3v) is 3.58. The minimum absolute atomic E-state index is 0.296. The quantitative estimate of drug-likeness (QED) is 0.820. The van der Waals surface area contributed by atoms with Gasteiger partial charge in [-0.25, -0.2) is 4.79 Å². The molecule has 6 heteroatoms. The Bertz CT molecular complexity index is 745. The molecule has 108 valence electrons. The Hall–Kier alpha value is -2.11. The summed E-state index contributed by atoms with van der Waals surface area (Å²) in [6, 6.07) is 6.60. The molecule has 3 rings (SSSR count). The van der Waals surface area contributed by atoms with E-state index in [1.807, 2.05) is 0 Å². The number of ether oxygens (including phenoxy) is 2. The summed E-state index contributed by atoms with van der Waals surface area (Å²) in [7, 11) is 1.29. The Balaban J connectivity index is 2.24. The number of fused-ring (bicyclic) bond motifs is 3. The monoisotopic (exact) mass is 305 g/mol. The first-order valence-electron chi connectivity index (χ1n) is 6.25. The van der Waals surface area contributed by atoms with Gasteiger partial charge in [0.2, 0.25) is 6.29 Å². The highest BCUT2D eigenvalue weighted by atomic mass is 35.5. The smallest absolute Gasteiger partial charge is 0.339 e. The molecular formula is C15H12ClNO4. The van der Waals surface area contributed by atoms with Crippen molar-refractivity contribution in [3.05, 3.63) is 46.1 Å². The van der Waals surface area contributed by atoms with Crippen LogP contribution in [0.5, 0.6) is 5.75 Å². The van der Waals surface area contributed by atoms with Gasteiger partial charge in [-0.1, -0.05) is 11.6 Å². The lowest BCUT2D eigenvalue weighted by Gasteiger charge is -2.25. The van der Waals surface area contributed by atoms with E-state index in [0.29, 0.717) is 38.9 Å². The summed E-state index contributed by atoms with van der Waals surface area (Å²) in [6.07, 6.45) is -1.19. The predicted octanol–water partition coefficient (Wildman–Crippen LogP) is 2.88. The van der Waals surface area contributed by atoms with E-state index in [1.54, 1.807) is 25.1 Å². The van der Waals surface area contributed by atoms with Crippen LogP contribution in [0.2, 0.25) is 5.02 Å². The number of aromatic nitrogens is 1. The standard InChI is InChI=1S/C15H12ClNO4/c1-7-9(14(18)20-2)6-11-13(17-7)10-5-8(16)3-4-12(10)21-15(11)19/h3-6,15,19H,1-2H3/t15-/m1/s1. The molecule has 0 spiro atoms. The molecule has 0 amide bonds. The first-order chi connectivity index (χ1) is 10.0. The van der Waals surface area contributed by atoms with Gasteiger partial charge in [0.25, 0.3) is 0 Å². The zero-order chi connectivity index (χ0) is 15.1. The van der Waals surface area contributed by atoms with Crippen molar-refractivity contribution in [1.29, 1.82) is 0 Å². The fraction of sp³-hybridized carbons (Fsp3) is 0.200. The highest BCUT2D eigenvalue weighted by Crippen LogP contribution is 2.42. The third-order valence-electron chi connectivity index (χ3n) is 3.35. The number of aliphatic hydroxyl groups is 1. The van der Waals surface area contributed by atoms with E-state index < -0.39 is 12.3 Å². The van der Waals surface area contributed by atoms with Crippen LogP contribution in [-0.2, 0) is 4.74 Å². The number of esters is 1. The Morgan fingerprint density at radius 1 is 1.43 bits per heavy atom. The molecule has 1 aliphatic rings. The Kier molecular flexibility index (Phi) is 3.31. The molecule has 0 fully saturated rings. The zero-order valence-corrected chi connectivity index (χ0v) is 12.1. The second kappa shape index (κ2) is 5.02. The van der Waals surface area contributed by atoms with Crippen LogP contribution in [0.25, 0.3) is 11.3 Å². The molecule has 2 aromatic rings. The fourth-order valence-corrected chi connectivity index (χ4v) is 2.49. The lowest BCUT2D eigenvalue weighted by Crippen LogP contribution is -2.17. The van der Waals surface area contributed by atoms with Crippen LogP contribution in [0, 0.1) is 6.92 Å². The minimum Gasteiger partial charge on any atom is -0.465 e. The number of benzene rings is 1. The molecule has 5 nitrogen and oxygen atoms in total. The van der Waals surface area contributed by atoms with Gasteiger partial charge >= 0.3 is 5.97 Å². The number of aryl methyl sites for hydroxylation is 1. The molecule has 21 heavy (non-hydrogen) atoms. The van der Waals surface area contributed by atoms with E-state index in [2.05, 4.69) is 4.98 Å². The van der Waals surface area contributed by atoms with Gasteiger partial charge in [0, 0.05) is 16.1 Å². The second-order valence-corrected chi connectivity index (χ2v) is 5.10. The number of hydrogen-bond donors (Lipinski definition) is 1. The number of hydrogen-bond acceptors (Lipinski definition) is 5.